The van der Waals surface area contributed by atoms with Crippen LogP contribution in [-0.4, -0.2) is 30.1 Å². The van der Waals surface area contributed by atoms with Crippen LogP contribution in [0.4, 0.5) is 0 Å². The second kappa shape index (κ2) is 4.47. The summed E-state index contributed by atoms with van der Waals surface area (Å²) >= 11 is 0. The highest BCUT2D eigenvalue weighted by molar-refractivity contribution is 5.87. The standard InChI is InChI=1S/C13H17NO3/c1-13(8-17-7-11(13)14)12(16)6-9-2-4-10(15)5-3-9/h2-5,11,15H,6-8,14H2,1H3. The molecular formula is C13H17NO3. The predicted octanol–water partition coefficient (Wildman–Crippen LogP) is 0.868. The molecule has 1 saturated heterocycles. The molecule has 2 rings (SSSR count). The maximum absolute atomic E-state index is 12.2. The summed E-state index contributed by atoms with van der Waals surface area (Å²) in [4.78, 5) is 12.2. The number of phenols is 1. The van der Waals surface area contributed by atoms with E-state index in [2.05, 4.69) is 0 Å². The van der Waals surface area contributed by atoms with Crippen molar-refractivity contribution in [3.8, 4) is 5.75 Å². The van der Waals surface area contributed by atoms with E-state index in [9.17, 15) is 9.90 Å². The molecule has 0 aromatic heterocycles. The van der Waals surface area contributed by atoms with E-state index in [1.54, 1.807) is 24.3 Å². The molecule has 2 atom stereocenters. The molecule has 0 bridgehead atoms. The molecule has 0 saturated carbocycles. The zero-order valence-corrected chi connectivity index (χ0v) is 9.85. The number of hydrogen-bond acceptors (Lipinski definition) is 4. The second-order valence-corrected chi connectivity index (χ2v) is 4.81. The number of carbonyl (C=O) groups excluding carboxylic acids is 1. The molecule has 4 heteroatoms. The van der Waals surface area contributed by atoms with Gasteiger partial charge in [0, 0.05) is 12.5 Å². The van der Waals surface area contributed by atoms with Crippen molar-refractivity contribution in [2.24, 2.45) is 11.1 Å². The van der Waals surface area contributed by atoms with Gasteiger partial charge in [-0.1, -0.05) is 12.1 Å². The maximum atomic E-state index is 12.2. The first-order valence-corrected chi connectivity index (χ1v) is 5.67. The number of ketones is 1. The summed E-state index contributed by atoms with van der Waals surface area (Å²) in [6, 6.07) is 6.43. The molecule has 92 valence electrons. The Morgan fingerprint density at radius 3 is 2.71 bits per heavy atom. The van der Waals surface area contributed by atoms with Crippen molar-refractivity contribution in [3.05, 3.63) is 29.8 Å². The lowest BCUT2D eigenvalue weighted by Crippen LogP contribution is -2.45. The van der Waals surface area contributed by atoms with Gasteiger partial charge in [0.1, 0.15) is 11.5 Å². The van der Waals surface area contributed by atoms with Crippen LogP contribution in [0.15, 0.2) is 24.3 Å². The number of nitrogens with two attached hydrogens (primary N) is 1. The van der Waals surface area contributed by atoms with Crippen LogP contribution >= 0.6 is 0 Å². The van der Waals surface area contributed by atoms with Gasteiger partial charge in [-0.15, -0.1) is 0 Å². The Bertz CT molecular complexity index is 415. The zero-order valence-electron chi connectivity index (χ0n) is 9.85. The molecule has 1 aliphatic rings. The molecule has 0 spiro atoms. The number of carbonyl (C=O) groups is 1. The largest absolute Gasteiger partial charge is 0.508 e. The maximum Gasteiger partial charge on any atom is 0.147 e. The van der Waals surface area contributed by atoms with Gasteiger partial charge in [0.15, 0.2) is 0 Å². The third-order valence-corrected chi connectivity index (χ3v) is 3.46. The zero-order chi connectivity index (χ0) is 12.5. The third kappa shape index (κ3) is 2.33. The molecule has 3 N–H and O–H groups in total. The fourth-order valence-corrected chi connectivity index (χ4v) is 1.98. The number of hydrogen-bond donors (Lipinski definition) is 2. The first kappa shape index (κ1) is 12.1. The topological polar surface area (TPSA) is 72.5 Å². The Labute approximate surface area is 100 Å². The van der Waals surface area contributed by atoms with Gasteiger partial charge >= 0.3 is 0 Å². The summed E-state index contributed by atoms with van der Waals surface area (Å²) in [5.41, 5.74) is 6.20. The summed E-state index contributed by atoms with van der Waals surface area (Å²) in [7, 11) is 0. The Balaban J connectivity index is 2.09. The van der Waals surface area contributed by atoms with Gasteiger partial charge < -0.3 is 15.6 Å². The van der Waals surface area contributed by atoms with Crippen LogP contribution in [-0.2, 0) is 16.0 Å². The van der Waals surface area contributed by atoms with Crippen molar-refractivity contribution in [2.75, 3.05) is 13.2 Å². The average Bonchev–Trinajstić information content (AvgIpc) is 2.64. The van der Waals surface area contributed by atoms with Crippen LogP contribution in [0.2, 0.25) is 0 Å². The Morgan fingerprint density at radius 1 is 1.53 bits per heavy atom. The van der Waals surface area contributed by atoms with E-state index in [1.165, 1.54) is 0 Å². The van der Waals surface area contributed by atoms with E-state index in [0.29, 0.717) is 19.6 Å². The third-order valence-electron chi connectivity index (χ3n) is 3.46. The first-order chi connectivity index (χ1) is 8.02. The van der Waals surface area contributed by atoms with Gasteiger partial charge in [0.25, 0.3) is 0 Å². The number of aromatic hydroxyl groups is 1. The summed E-state index contributed by atoms with van der Waals surface area (Å²) in [6.45, 7) is 2.69. The number of rotatable bonds is 3. The fourth-order valence-electron chi connectivity index (χ4n) is 1.98. The number of Topliss-reactive ketones (excluding diaryl/α,β-unsaturated/α-hetero) is 1. The Morgan fingerprint density at radius 2 is 2.18 bits per heavy atom. The van der Waals surface area contributed by atoms with Gasteiger partial charge in [0.05, 0.1) is 18.6 Å². The number of benzene rings is 1. The van der Waals surface area contributed by atoms with Crippen LogP contribution in [0.25, 0.3) is 0 Å². The van der Waals surface area contributed by atoms with E-state index >= 15 is 0 Å². The lowest BCUT2D eigenvalue weighted by atomic mass is 9.79. The smallest absolute Gasteiger partial charge is 0.147 e. The molecule has 17 heavy (non-hydrogen) atoms. The van der Waals surface area contributed by atoms with Crippen molar-refractivity contribution in [2.45, 2.75) is 19.4 Å². The molecular weight excluding hydrogens is 218 g/mol. The van der Waals surface area contributed by atoms with Crippen molar-refractivity contribution >= 4 is 5.78 Å². The van der Waals surface area contributed by atoms with E-state index in [1.807, 2.05) is 6.92 Å². The van der Waals surface area contributed by atoms with Gasteiger partial charge in [-0.25, -0.2) is 0 Å². The molecule has 1 fully saturated rings. The monoisotopic (exact) mass is 235 g/mol. The minimum atomic E-state index is -0.585. The Kier molecular flexibility index (Phi) is 3.17. The van der Waals surface area contributed by atoms with Gasteiger partial charge in [0.2, 0.25) is 0 Å². The second-order valence-electron chi connectivity index (χ2n) is 4.81. The quantitative estimate of drug-likeness (QED) is 0.815. The highest BCUT2D eigenvalue weighted by atomic mass is 16.5. The summed E-state index contributed by atoms with van der Waals surface area (Å²) in [5.74, 6) is 0.293. The van der Waals surface area contributed by atoms with Gasteiger partial charge in [-0.3, -0.25) is 4.79 Å². The molecule has 1 aromatic carbocycles. The van der Waals surface area contributed by atoms with Crippen LogP contribution in [0.5, 0.6) is 5.75 Å². The molecule has 1 aromatic rings. The number of ether oxygens (including phenoxy) is 1. The van der Waals surface area contributed by atoms with Crippen molar-refractivity contribution in [1.82, 2.24) is 0 Å². The van der Waals surface area contributed by atoms with E-state index < -0.39 is 5.41 Å². The van der Waals surface area contributed by atoms with Crippen LogP contribution in [0.1, 0.15) is 12.5 Å². The summed E-state index contributed by atoms with van der Waals surface area (Å²) < 4.78 is 5.26. The highest BCUT2D eigenvalue weighted by Crippen LogP contribution is 2.29. The number of phenolic OH excluding ortho intramolecular Hbond substituents is 1. The fraction of sp³-hybridized carbons (Fsp3) is 0.462. The molecule has 4 nitrogen and oxygen atoms in total. The van der Waals surface area contributed by atoms with Gasteiger partial charge in [-0.2, -0.15) is 0 Å². The SMILES string of the molecule is CC1(C(=O)Cc2ccc(O)cc2)COCC1N. The summed E-state index contributed by atoms with van der Waals surface area (Å²) in [5, 5.41) is 9.17. The highest BCUT2D eigenvalue weighted by Gasteiger charge is 2.43. The summed E-state index contributed by atoms with van der Waals surface area (Å²) in [6.07, 6.45) is 0.327. The average molecular weight is 235 g/mol. The molecule has 0 amide bonds. The predicted molar refractivity (Wildman–Crippen MR) is 63.7 cm³/mol. The van der Waals surface area contributed by atoms with Crippen LogP contribution in [0.3, 0.4) is 0 Å². The van der Waals surface area contributed by atoms with Crippen molar-refractivity contribution < 1.29 is 14.6 Å². The molecule has 1 aliphatic heterocycles. The lowest BCUT2D eigenvalue weighted by Gasteiger charge is -2.25. The molecule has 0 aliphatic carbocycles. The normalized spacial score (nSPS) is 28.2. The van der Waals surface area contributed by atoms with E-state index in [0.717, 1.165) is 5.56 Å². The van der Waals surface area contributed by atoms with Crippen LogP contribution < -0.4 is 5.73 Å². The van der Waals surface area contributed by atoms with E-state index in [-0.39, 0.29) is 17.6 Å². The van der Waals surface area contributed by atoms with Crippen molar-refractivity contribution in [3.63, 3.8) is 0 Å². The van der Waals surface area contributed by atoms with Crippen LogP contribution in [0, 0.1) is 5.41 Å². The lowest BCUT2D eigenvalue weighted by molar-refractivity contribution is -0.127. The van der Waals surface area contributed by atoms with Gasteiger partial charge in [-0.05, 0) is 24.6 Å². The van der Waals surface area contributed by atoms with E-state index in [4.69, 9.17) is 10.5 Å². The molecule has 2 unspecified atom stereocenters. The van der Waals surface area contributed by atoms with Crippen molar-refractivity contribution in [1.29, 1.82) is 0 Å². The minimum absolute atomic E-state index is 0.0909. The Hall–Kier alpha value is -1.39. The molecule has 0 radical (unpaired) electrons. The minimum Gasteiger partial charge on any atom is -0.508 e. The first-order valence-electron chi connectivity index (χ1n) is 5.67. The molecule has 1 heterocycles.